The number of halogens is 1. The molecule has 0 unspecified atom stereocenters. The number of hydrogen-bond acceptors (Lipinski definition) is 3. The highest BCUT2D eigenvalue weighted by atomic mass is 19.1. The number of nitrogens with one attached hydrogen (secondary N) is 1. The van der Waals surface area contributed by atoms with Crippen molar-refractivity contribution in [3.05, 3.63) is 65.5 Å². The Balaban J connectivity index is 2.26. The summed E-state index contributed by atoms with van der Waals surface area (Å²) in [5.41, 5.74) is 5.61. The van der Waals surface area contributed by atoms with Crippen molar-refractivity contribution >= 4 is 17.6 Å². The number of aromatic carboxylic acids is 1. The maximum Gasteiger partial charge on any atom is 0.337 e. The molecule has 0 aromatic heterocycles. The van der Waals surface area contributed by atoms with Gasteiger partial charge in [0.05, 0.1) is 11.3 Å². The van der Waals surface area contributed by atoms with Gasteiger partial charge >= 0.3 is 5.97 Å². The Bertz CT molecular complexity index is 674. The summed E-state index contributed by atoms with van der Waals surface area (Å²) in [5, 5.41) is 11.2. The van der Waals surface area contributed by atoms with Crippen LogP contribution in [-0.2, 0) is 4.79 Å². The first-order valence-corrected chi connectivity index (χ1v) is 6.14. The molecule has 0 heterocycles. The normalized spacial score (nSPS) is 11.7. The number of rotatable bonds is 4. The summed E-state index contributed by atoms with van der Waals surface area (Å²) in [7, 11) is 0. The molecular formula is C15H13FN2O3. The molecule has 0 spiro atoms. The summed E-state index contributed by atoms with van der Waals surface area (Å²) in [6.45, 7) is 0. The summed E-state index contributed by atoms with van der Waals surface area (Å²) in [6, 6.07) is 11.0. The smallest absolute Gasteiger partial charge is 0.337 e. The van der Waals surface area contributed by atoms with Crippen molar-refractivity contribution in [3.8, 4) is 0 Å². The van der Waals surface area contributed by atoms with Crippen LogP contribution in [0.15, 0.2) is 48.5 Å². The highest BCUT2D eigenvalue weighted by Crippen LogP contribution is 2.21. The lowest BCUT2D eigenvalue weighted by Gasteiger charge is -2.14. The van der Waals surface area contributed by atoms with Crippen LogP contribution in [0, 0.1) is 5.82 Å². The van der Waals surface area contributed by atoms with E-state index in [0.29, 0.717) is 5.56 Å². The zero-order valence-corrected chi connectivity index (χ0v) is 10.9. The number of carbonyl (C=O) groups is 2. The summed E-state index contributed by atoms with van der Waals surface area (Å²) in [4.78, 5) is 23.1. The standard InChI is InChI=1S/C15H13FN2O3/c16-11-8-4-7-10(15(20)21)13(11)18-14(19)12(17)9-5-2-1-3-6-9/h1-8,12H,17H2,(H,18,19)(H,20,21)/t12-/m1/s1. The molecule has 5 nitrogen and oxygen atoms in total. The predicted octanol–water partition coefficient (Wildman–Crippen LogP) is 2.16. The van der Waals surface area contributed by atoms with Gasteiger partial charge in [-0.3, -0.25) is 4.79 Å². The fourth-order valence-electron chi connectivity index (χ4n) is 1.84. The van der Waals surface area contributed by atoms with Gasteiger partial charge in [-0.05, 0) is 17.7 Å². The van der Waals surface area contributed by atoms with Crippen molar-refractivity contribution in [1.29, 1.82) is 0 Å². The first-order valence-electron chi connectivity index (χ1n) is 6.14. The third kappa shape index (κ3) is 3.24. The molecule has 2 aromatic rings. The van der Waals surface area contributed by atoms with E-state index in [2.05, 4.69) is 5.32 Å². The van der Waals surface area contributed by atoms with Gasteiger partial charge in [0.2, 0.25) is 5.91 Å². The first-order chi connectivity index (χ1) is 10.0. The lowest BCUT2D eigenvalue weighted by molar-refractivity contribution is -0.117. The molecule has 0 radical (unpaired) electrons. The Morgan fingerprint density at radius 3 is 2.38 bits per heavy atom. The average Bonchev–Trinajstić information content (AvgIpc) is 2.49. The zero-order valence-electron chi connectivity index (χ0n) is 10.9. The van der Waals surface area contributed by atoms with Crippen molar-refractivity contribution < 1.29 is 19.1 Å². The van der Waals surface area contributed by atoms with Gasteiger partial charge in [-0.15, -0.1) is 0 Å². The van der Waals surface area contributed by atoms with Gasteiger partial charge in [0.25, 0.3) is 0 Å². The van der Waals surface area contributed by atoms with Gasteiger partial charge in [0.1, 0.15) is 11.9 Å². The van der Waals surface area contributed by atoms with Crippen LogP contribution in [0.4, 0.5) is 10.1 Å². The molecule has 0 saturated heterocycles. The van der Waals surface area contributed by atoms with Crippen LogP contribution in [0.2, 0.25) is 0 Å². The maximum absolute atomic E-state index is 13.7. The van der Waals surface area contributed by atoms with E-state index in [1.165, 1.54) is 12.1 Å². The Labute approximate surface area is 120 Å². The molecule has 1 amide bonds. The molecule has 21 heavy (non-hydrogen) atoms. The number of anilines is 1. The molecule has 108 valence electrons. The molecule has 0 aliphatic rings. The van der Waals surface area contributed by atoms with Crippen molar-refractivity contribution in [3.63, 3.8) is 0 Å². The number of amides is 1. The van der Waals surface area contributed by atoms with Crippen LogP contribution in [0.3, 0.4) is 0 Å². The second kappa shape index (κ2) is 6.15. The number of para-hydroxylation sites is 1. The number of carboxylic acids is 1. The lowest BCUT2D eigenvalue weighted by Crippen LogP contribution is -2.28. The van der Waals surface area contributed by atoms with Gasteiger partial charge < -0.3 is 16.2 Å². The molecule has 0 aliphatic heterocycles. The maximum atomic E-state index is 13.7. The van der Waals surface area contributed by atoms with E-state index >= 15 is 0 Å². The molecule has 0 fully saturated rings. The molecule has 1 atom stereocenters. The molecule has 4 N–H and O–H groups in total. The van der Waals surface area contributed by atoms with E-state index in [1.54, 1.807) is 30.3 Å². The quantitative estimate of drug-likeness (QED) is 0.803. The highest BCUT2D eigenvalue weighted by molar-refractivity contribution is 6.02. The topological polar surface area (TPSA) is 92.4 Å². The van der Waals surface area contributed by atoms with Crippen molar-refractivity contribution in [1.82, 2.24) is 0 Å². The first kappa shape index (κ1) is 14.7. The van der Waals surface area contributed by atoms with E-state index in [-0.39, 0.29) is 11.3 Å². The average molecular weight is 288 g/mol. The summed E-state index contributed by atoms with van der Waals surface area (Å²) >= 11 is 0. The van der Waals surface area contributed by atoms with Gasteiger partial charge in [0, 0.05) is 0 Å². The third-order valence-electron chi connectivity index (χ3n) is 2.93. The molecular weight excluding hydrogens is 275 g/mol. The predicted molar refractivity (Wildman–Crippen MR) is 75.4 cm³/mol. The number of benzene rings is 2. The van der Waals surface area contributed by atoms with Crippen LogP contribution in [-0.4, -0.2) is 17.0 Å². The van der Waals surface area contributed by atoms with E-state index in [9.17, 15) is 14.0 Å². The monoisotopic (exact) mass is 288 g/mol. The summed E-state index contributed by atoms with van der Waals surface area (Å²) in [5.74, 6) is -2.85. The van der Waals surface area contributed by atoms with Gasteiger partial charge in [0.15, 0.2) is 0 Å². The molecule has 2 rings (SSSR count). The van der Waals surface area contributed by atoms with Crippen LogP contribution < -0.4 is 11.1 Å². The van der Waals surface area contributed by atoms with Crippen molar-refractivity contribution in [2.45, 2.75) is 6.04 Å². The largest absolute Gasteiger partial charge is 0.478 e. The Kier molecular flexibility index (Phi) is 4.30. The second-order valence-corrected chi connectivity index (χ2v) is 4.35. The fourth-order valence-corrected chi connectivity index (χ4v) is 1.84. The van der Waals surface area contributed by atoms with Gasteiger partial charge in [-0.1, -0.05) is 36.4 Å². The van der Waals surface area contributed by atoms with Crippen molar-refractivity contribution in [2.24, 2.45) is 5.73 Å². The highest BCUT2D eigenvalue weighted by Gasteiger charge is 2.21. The SMILES string of the molecule is N[C@@H](C(=O)Nc1c(F)cccc1C(=O)O)c1ccccc1. The Morgan fingerprint density at radius 2 is 1.76 bits per heavy atom. The number of carbonyl (C=O) groups excluding carboxylic acids is 1. The molecule has 0 aliphatic carbocycles. The summed E-state index contributed by atoms with van der Waals surface area (Å²) < 4.78 is 13.7. The van der Waals surface area contributed by atoms with E-state index in [4.69, 9.17) is 10.8 Å². The second-order valence-electron chi connectivity index (χ2n) is 4.35. The van der Waals surface area contributed by atoms with Crippen LogP contribution >= 0.6 is 0 Å². The van der Waals surface area contributed by atoms with Crippen LogP contribution in [0.25, 0.3) is 0 Å². The molecule has 6 heteroatoms. The number of hydrogen-bond donors (Lipinski definition) is 3. The minimum atomic E-state index is -1.34. The van der Waals surface area contributed by atoms with Gasteiger partial charge in [-0.2, -0.15) is 0 Å². The van der Waals surface area contributed by atoms with Crippen LogP contribution in [0.5, 0.6) is 0 Å². The third-order valence-corrected chi connectivity index (χ3v) is 2.93. The Hall–Kier alpha value is -2.73. The summed E-state index contributed by atoms with van der Waals surface area (Å²) in [6.07, 6.45) is 0. The van der Waals surface area contributed by atoms with Gasteiger partial charge in [-0.25, -0.2) is 9.18 Å². The van der Waals surface area contributed by atoms with Crippen molar-refractivity contribution in [2.75, 3.05) is 5.32 Å². The van der Waals surface area contributed by atoms with E-state index in [1.807, 2.05) is 0 Å². The van der Waals surface area contributed by atoms with E-state index in [0.717, 1.165) is 6.07 Å². The number of carboxylic acid groups (broad SMARTS) is 1. The Morgan fingerprint density at radius 1 is 1.10 bits per heavy atom. The molecule has 0 bridgehead atoms. The molecule has 0 saturated carbocycles. The fraction of sp³-hybridized carbons (Fsp3) is 0.0667. The van der Waals surface area contributed by atoms with Crippen LogP contribution in [0.1, 0.15) is 22.0 Å². The number of nitrogens with two attached hydrogens (primary N) is 1. The lowest BCUT2D eigenvalue weighted by atomic mass is 10.1. The zero-order chi connectivity index (χ0) is 15.4. The molecule has 2 aromatic carbocycles. The minimum Gasteiger partial charge on any atom is -0.478 e. The minimum absolute atomic E-state index is 0.330. The van der Waals surface area contributed by atoms with E-state index < -0.39 is 23.7 Å².